The summed E-state index contributed by atoms with van der Waals surface area (Å²) < 4.78 is 18.7. The van der Waals surface area contributed by atoms with Crippen molar-refractivity contribution in [3.8, 4) is 11.5 Å². The van der Waals surface area contributed by atoms with Crippen LogP contribution in [-0.4, -0.2) is 29.7 Å². The molecule has 2 heterocycles. The molecule has 0 fully saturated rings. The fraction of sp³-hybridized carbons (Fsp3) is 0.238. The van der Waals surface area contributed by atoms with Gasteiger partial charge in [0.25, 0.3) is 5.91 Å². The third-order valence-corrected chi connectivity index (χ3v) is 6.97. The minimum absolute atomic E-state index is 0.133. The number of primary amides is 1. The van der Waals surface area contributed by atoms with Crippen molar-refractivity contribution >= 4 is 51.9 Å². The van der Waals surface area contributed by atoms with Crippen molar-refractivity contribution in [3.05, 3.63) is 62.9 Å². The van der Waals surface area contributed by atoms with E-state index >= 15 is 0 Å². The molecular formula is C21H19Cl2N3O4S. The number of nitrogens with two attached hydrogens (primary N) is 1. The molecule has 3 aromatic rings. The second kappa shape index (κ2) is 8.90. The molecule has 10 heteroatoms. The van der Waals surface area contributed by atoms with Gasteiger partial charge in [-0.05, 0) is 12.1 Å². The van der Waals surface area contributed by atoms with Crippen LogP contribution in [0, 0.1) is 0 Å². The van der Waals surface area contributed by atoms with Gasteiger partial charge in [0, 0.05) is 34.2 Å². The van der Waals surface area contributed by atoms with Gasteiger partial charge < -0.3 is 24.5 Å². The van der Waals surface area contributed by atoms with Crippen molar-refractivity contribution in [2.75, 3.05) is 14.2 Å². The molecule has 1 aliphatic heterocycles. The monoisotopic (exact) mass is 479 g/mol. The number of ether oxygens (including phenoxy) is 3. The number of aromatic nitrogens is 2. The Morgan fingerprint density at radius 1 is 1.23 bits per heavy atom. The van der Waals surface area contributed by atoms with Crippen molar-refractivity contribution < 1.29 is 19.0 Å². The molecule has 1 aromatic heterocycles. The molecule has 0 aliphatic carbocycles. The normalized spacial score (nSPS) is 16.1. The van der Waals surface area contributed by atoms with E-state index in [1.54, 1.807) is 38.7 Å². The molecule has 2 aromatic carbocycles. The first-order chi connectivity index (χ1) is 14.9. The maximum Gasteiger partial charge on any atom is 0.258 e. The molecule has 0 saturated carbocycles. The van der Waals surface area contributed by atoms with Gasteiger partial charge in [-0.25, -0.2) is 4.98 Å². The zero-order chi connectivity index (χ0) is 22.1. The number of carbonyl (C=O) groups excluding carboxylic acids is 1. The van der Waals surface area contributed by atoms with Crippen LogP contribution in [0.15, 0.2) is 47.3 Å². The Bertz CT molecular complexity index is 1170. The average molecular weight is 480 g/mol. The van der Waals surface area contributed by atoms with Crippen LogP contribution in [0.3, 0.4) is 0 Å². The van der Waals surface area contributed by atoms with Gasteiger partial charge >= 0.3 is 0 Å². The zero-order valence-corrected chi connectivity index (χ0v) is 19.1. The number of imidazole rings is 1. The highest BCUT2D eigenvalue weighted by Crippen LogP contribution is 2.47. The van der Waals surface area contributed by atoms with E-state index < -0.39 is 5.91 Å². The molecule has 1 atom stereocenters. The second-order valence-corrected chi connectivity index (χ2v) is 8.73. The minimum Gasteiger partial charge on any atom is -0.493 e. The Balaban J connectivity index is 1.61. The summed E-state index contributed by atoms with van der Waals surface area (Å²) in [6, 6.07) is 8.90. The molecule has 0 radical (unpaired) electrons. The number of allylic oxidation sites excluding steroid dienone is 1. The van der Waals surface area contributed by atoms with Crippen molar-refractivity contribution in [1.82, 2.24) is 9.55 Å². The summed E-state index contributed by atoms with van der Waals surface area (Å²) >= 11 is 13.8. The molecule has 1 unspecified atom stereocenters. The number of hydrogen-bond acceptors (Lipinski definition) is 6. The molecule has 7 nitrogen and oxygen atoms in total. The highest BCUT2D eigenvalue weighted by atomic mass is 35.5. The van der Waals surface area contributed by atoms with Crippen LogP contribution in [0.25, 0.3) is 11.0 Å². The highest BCUT2D eigenvalue weighted by Gasteiger charge is 2.32. The van der Waals surface area contributed by atoms with Crippen LogP contribution in [-0.2, 0) is 16.1 Å². The maximum atomic E-state index is 12.1. The Morgan fingerprint density at radius 2 is 1.90 bits per heavy atom. The molecular weight excluding hydrogens is 461 g/mol. The van der Waals surface area contributed by atoms with Gasteiger partial charge in [-0.3, -0.25) is 4.79 Å². The van der Waals surface area contributed by atoms with Crippen molar-refractivity contribution in [3.63, 3.8) is 0 Å². The molecule has 4 rings (SSSR count). The molecule has 162 valence electrons. The SMILES string of the molecule is COc1cc2ncn(C3CC(OCc4c(Cl)cccc4Cl)=C(C(N)=O)S3)c2cc1OC. The molecule has 2 N–H and O–H groups in total. The number of rotatable bonds is 7. The fourth-order valence-electron chi connectivity index (χ4n) is 3.38. The van der Waals surface area contributed by atoms with Crippen molar-refractivity contribution in [1.29, 1.82) is 0 Å². The lowest BCUT2D eigenvalue weighted by Gasteiger charge is -2.14. The molecule has 0 bridgehead atoms. The minimum atomic E-state index is -0.545. The van der Waals surface area contributed by atoms with E-state index in [0.29, 0.717) is 44.2 Å². The van der Waals surface area contributed by atoms with Crippen LogP contribution < -0.4 is 15.2 Å². The smallest absolute Gasteiger partial charge is 0.258 e. The van der Waals surface area contributed by atoms with Crippen molar-refractivity contribution in [2.24, 2.45) is 5.73 Å². The van der Waals surface area contributed by atoms with Gasteiger partial charge in [0.05, 0.1) is 37.0 Å². The van der Waals surface area contributed by atoms with Gasteiger partial charge in [0.15, 0.2) is 11.5 Å². The number of thioether (sulfide) groups is 1. The third-order valence-electron chi connectivity index (χ3n) is 4.93. The molecule has 0 saturated heterocycles. The average Bonchev–Trinajstić information content (AvgIpc) is 3.36. The second-order valence-electron chi connectivity index (χ2n) is 6.73. The topological polar surface area (TPSA) is 88.6 Å². The number of halogens is 2. The standard InChI is InChI=1S/C21H19Cl2N3O4S/c1-28-16-6-14-15(7-17(16)29-2)26(10-25-14)19-8-18(20(31-19)21(24)27)30-9-11-12(22)4-3-5-13(11)23/h3-7,10,19H,8-9H2,1-2H3,(H2,24,27). The Hall–Kier alpha value is -2.55. The van der Waals surface area contributed by atoms with Crippen LogP contribution in [0.4, 0.5) is 0 Å². The Morgan fingerprint density at radius 3 is 2.55 bits per heavy atom. The Kier molecular flexibility index (Phi) is 6.22. The first-order valence-electron chi connectivity index (χ1n) is 9.26. The van der Waals surface area contributed by atoms with Crippen molar-refractivity contribution in [2.45, 2.75) is 18.4 Å². The summed E-state index contributed by atoms with van der Waals surface area (Å²) in [5.74, 6) is 1.14. The van der Waals surface area contributed by atoms with E-state index in [4.69, 9.17) is 43.1 Å². The number of amides is 1. The lowest BCUT2D eigenvalue weighted by Crippen LogP contribution is -2.13. The van der Waals surface area contributed by atoms with Gasteiger partial charge in [-0.1, -0.05) is 41.0 Å². The van der Waals surface area contributed by atoms with E-state index in [9.17, 15) is 4.79 Å². The number of nitrogens with zero attached hydrogens (tertiary/aromatic N) is 2. The molecule has 0 spiro atoms. The number of benzene rings is 2. The first-order valence-corrected chi connectivity index (χ1v) is 10.9. The van der Waals surface area contributed by atoms with Gasteiger partial charge in [0.2, 0.25) is 0 Å². The lowest BCUT2D eigenvalue weighted by molar-refractivity contribution is -0.114. The summed E-state index contributed by atoms with van der Waals surface area (Å²) in [7, 11) is 3.15. The summed E-state index contributed by atoms with van der Waals surface area (Å²) in [4.78, 5) is 16.9. The van der Waals surface area contributed by atoms with Crippen LogP contribution >= 0.6 is 35.0 Å². The van der Waals surface area contributed by atoms with Crippen LogP contribution in [0.5, 0.6) is 11.5 Å². The number of carbonyl (C=O) groups is 1. The predicted octanol–water partition coefficient (Wildman–Crippen LogP) is 4.91. The van der Waals surface area contributed by atoms with E-state index in [0.717, 1.165) is 11.0 Å². The lowest BCUT2D eigenvalue weighted by atomic mass is 10.2. The zero-order valence-electron chi connectivity index (χ0n) is 16.7. The quantitative estimate of drug-likeness (QED) is 0.517. The highest BCUT2D eigenvalue weighted by molar-refractivity contribution is 8.04. The predicted molar refractivity (Wildman–Crippen MR) is 122 cm³/mol. The van der Waals surface area contributed by atoms with Crippen LogP contribution in [0.1, 0.15) is 17.4 Å². The number of hydrogen-bond donors (Lipinski definition) is 1. The van der Waals surface area contributed by atoms with Crippen LogP contribution in [0.2, 0.25) is 10.0 Å². The Labute approximate surface area is 193 Å². The third kappa shape index (κ3) is 4.15. The largest absolute Gasteiger partial charge is 0.493 e. The molecule has 31 heavy (non-hydrogen) atoms. The first kappa shape index (κ1) is 21.7. The van der Waals surface area contributed by atoms with E-state index in [1.807, 2.05) is 16.7 Å². The molecule has 1 amide bonds. The van der Waals surface area contributed by atoms with E-state index in [-0.39, 0.29) is 12.0 Å². The molecule has 1 aliphatic rings. The van der Waals surface area contributed by atoms with E-state index in [1.165, 1.54) is 11.8 Å². The van der Waals surface area contributed by atoms with E-state index in [2.05, 4.69) is 4.98 Å². The maximum absolute atomic E-state index is 12.1. The summed E-state index contributed by atoms with van der Waals surface area (Å²) in [6.07, 6.45) is 2.17. The summed E-state index contributed by atoms with van der Waals surface area (Å²) in [6.45, 7) is 0.133. The number of methoxy groups -OCH3 is 2. The van der Waals surface area contributed by atoms with Gasteiger partial charge in [0.1, 0.15) is 17.3 Å². The summed E-state index contributed by atoms with van der Waals surface area (Å²) in [5, 5.41) is 0.831. The van der Waals surface area contributed by atoms with Gasteiger partial charge in [-0.15, -0.1) is 0 Å². The number of fused-ring (bicyclic) bond motifs is 1. The fourth-order valence-corrected chi connectivity index (χ4v) is 5.07. The van der Waals surface area contributed by atoms with Gasteiger partial charge in [-0.2, -0.15) is 0 Å². The summed E-state index contributed by atoms with van der Waals surface area (Å²) in [5.41, 5.74) is 7.86.